The zero-order chi connectivity index (χ0) is 12.7. The van der Waals surface area contributed by atoms with Crippen LogP contribution in [0.1, 0.15) is 0 Å². The predicted octanol–water partition coefficient (Wildman–Crippen LogP) is 1.43. The first-order valence-electron chi connectivity index (χ1n) is 4.20. The number of H-pyrrole nitrogens is 2. The van der Waals surface area contributed by atoms with E-state index < -0.39 is 21.7 Å². The standard InChI is InChI=1S/C8H3Cl2N3O4/c9-2-1-3(13(16)17)5-6(4(2)10)12-8(15)7(14)11-5/h1H,(H,11,14)(H,12,15). The number of aromatic amines is 2. The van der Waals surface area contributed by atoms with Crippen molar-refractivity contribution in [3.63, 3.8) is 0 Å². The summed E-state index contributed by atoms with van der Waals surface area (Å²) in [6.07, 6.45) is 0. The van der Waals surface area contributed by atoms with Crippen LogP contribution in [0.4, 0.5) is 5.69 Å². The van der Waals surface area contributed by atoms with Gasteiger partial charge in [-0.15, -0.1) is 0 Å². The molecule has 1 heterocycles. The summed E-state index contributed by atoms with van der Waals surface area (Å²) in [6, 6.07) is 1.00. The predicted molar refractivity (Wildman–Crippen MR) is 61.9 cm³/mol. The monoisotopic (exact) mass is 275 g/mol. The van der Waals surface area contributed by atoms with Crippen molar-refractivity contribution < 1.29 is 4.92 Å². The van der Waals surface area contributed by atoms with Crippen LogP contribution >= 0.6 is 23.2 Å². The van der Waals surface area contributed by atoms with Crippen molar-refractivity contribution in [2.45, 2.75) is 0 Å². The van der Waals surface area contributed by atoms with Crippen LogP contribution in [0, 0.1) is 10.1 Å². The third-order valence-electron chi connectivity index (χ3n) is 2.08. The molecule has 1 aromatic carbocycles. The van der Waals surface area contributed by atoms with Crippen molar-refractivity contribution in [3.8, 4) is 0 Å². The molecular formula is C8H3Cl2N3O4. The Hall–Kier alpha value is -1.86. The minimum Gasteiger partial charge on any atom is -0.314 e. The number of nitrogens with zero attached hydrogens (tertiary/aromatic N) is 1. The van der Waals surface area contributed by atoms with Crippen LogP contribution in [0.15, 0.2) is 15.7 Å². The molecule has 0 amide bonds. The first kappa shape index (κ1) is 11.6. The van der Waals surface area contributed by atoms with Crippen molar-refractivity contribution in [1.82, 2.24) is 9.97 Å². The highest BCUT2D eigenvalue weighted by molar-refractivity contribution is 6.45. The topological polar surface area (TPSA) is 109 Å². The largest absolute Gasteiger partial charge is 0.314 e. The average molecular weight is 276 g/mol. The summed E-state index contributed by atoms with van der Waals surface area (Å²) >= 11 is 11.5. The summed E-state index contributed by atoms with van der Waals surface area (Å²) in [6.45, 7) is 0. The minimum absolute atomic E-state index is 0.0689. The fraction of sp³-hybridized carbons (Fsp3) is 0. The van der Waals surface area contributed by atoms with Crippen LogP contribution < -0.4 is 11.1 Å². The molecule has 2 aromatic rings. The zero-order valence-corrected chi connectivity index (χ0v) is 9.43. The van der Waals surface area contributed by atoms with Crippen LogP contribution in [-0.2, 0) is 0 Å². The number of nitrogens with one attached hydrogen (secondary N) is 2. The Morgan fingerprint density at radius 2 is 1.65 bits per heavy atom. The van der Waals surface area contributed by atoms with E-state index in [1.165, 1.54) is 0 Å². The van der Waals surface area contributed by atoms with E-state index in [-0.39, 0.29) is 21.1 Å². The maximum absolute atomic E-state index is 11.1. The second-order valence-electron chi connectivity index (χ2n) is 3.11. The molecule has 0 aliphatic carbocycles. The minimum atomic E-state index is -1.00. The lowest BCUT2D eigenvalue weighted by Gasteiger charge is -2.02. The van der Waals surface area contributed by atoms with Crippen molar-refractivity contribution >= 4 is 39.9 Å². The number of non-ortho nitro benzene ring substituents is 1. The molecule has 0 saturated heterocycles. The highest BCUT2D eigenvalue weighted by Gasteiger charge is 2.19. The number of nitro benzene ring substituents is 1. The first-order chi connectivity index (χ1) is 7.91. The van der Waals surface area contributed by atoms with Gasteiger partial charge in [0, 0.05) is 6.07 Å². The lowest BCUT2D eigenvalue weighted by molar-refractivity contribution is -0.383. The Bertz CT molecular complexity index is 749. The zero-order valence-electron chi connectivity index (χ0n) is 7.91. The van der Waals surface area contributed by atoms with Crippen molar-refractivity contribution in [2.24, 2.45) is 0 Å². The number of rotatable bonds is 1. The Labute approximate surface area is 102 Å². The molecule has 88 valence electrons. The second kappa shape index (κ2) is 3.86. The van der Waals surface area contributed by atoms with E-state index in [1.54, 1.807) is 0 Å². The lowest BCUT2D eigenvalue weighted by Crippen LogP contribution is -2.29. The second-order valence-corrected chi connectivity index (χ2v) is 3.89. The van der Waals surface area contributed by atoms with E-state index in [0.29, 0.717) is 0 Å². The van der Waals surface area contributed by atoms with Gasteiger partial charge >= 0.3 is 11.1 Å². The number of fused-ring (bicyclic) bond motifs is 1. The van der Waals surface area contributed by atoms with Gasteiger partial charge in [-0.05, 0) is 0 Å². The molecule has 0 saturated carbocycles. The molecule has 2 rings (SSSR count). The molecule has 0 radical (unpaired) electrons. The van der Waals surface area contributed by atoms with Gasteiger partial charge < -0.3 is 9.97 Å². The van der Waals surface area contributed by atoms with Crippen LogP contribution in [-0.4, -0.2) is 14.9 Å². The molecule has 0 spiro atoms. The molecule has 17 heavy (non-hydrogen) atoms. The number of hydrogen-bond donors (Lipinski definition) is 2. The Balaban J connectivity index is 3.10. The normalized spacial score (nSPS) is 10.7. The van der Waals surface area contributed by atoms with Crippen molar-refractivity contribution in [2.75, 3.05) is 0 Å². The molecule has 0 bridgehead atoms. The van der Waals surface area contributed by atoms with Gasteiger partial charge in [0.05, 0.1) is 20.5 Å². The van der Waals surface area contributed by atoms with Crippen molar-refractivity contribution in [1.29, 1.82) is 0 Å². The summed E-state index contributed by atoms with van der Waals surface area (Å²) in [5.74, 6) is 0. The summed E-state index contributed by atoms with van der Waals surface area (Å²) in [4.78, 5) is 36.5. The van der Waals surface area contributed by atoms with E-state index in [4.69, 9.17) is 23.2 Å². The number of benzene rings is 1. The first-order valence-corrected chi connectivity index (χ1v) is 4.96. The molecule has 9 heteroatoms. The van der Waals surface area contributed by atoms with Crippen LogP contribution in [0.5, 0.6) is 0 Å². The quantitative estimate of drug-likeness (QED) is 0.466. The summed E-state index contributed by atoms with van der Waals surface area (Å²) in [5.41, 5.74) is -2.65. The fourth-order valence-electron chi connectivity index (χ4n) is 1.34. The molecule has 1 aromatic heterocycles. The fourth-order valence-corrected chi connectivity index (χ4v) is 1.74. The van der Waals surface area contributed by atoms with E-state index in [2.05, 4.69) is 9.97 Å². The smallest absolute Gasteiger partial charge is 0.314 e. The van der Waals surface area contributed by atoms with Gasteiger partial charge in [0.2, 0.25) is 0 Å². The summed E-state index contributed by atoms with van der Waals surface area (Å²) in [5, 5.41) is 10.6. The lowest BCUT2D eigenvalue weighted by atomic mass is 10.2. The number of aromatic nitrogens is 2. The van der Waals surface area contributed by atoms with E-state index >= 15 is 0 Å². The van der Waals surface area contributed by atoms with Gasteiger partial charge in [-0.2, -0.15) is 0 Å². The van der Waals surface area contributed by atoms with Gasteiger partial charge in [0.1, 0.15) is 5.52 Å². The maximum atomic E-state index is 11.1. The average Bonchev–Trinajstić information content (AvgIpc) is 2.26. The van der Waals surface area contributed by atoms with Crippen LogP contribution in [0.3, 0.4) is 0 Å². The van der Waals surface area contributed by atoms with Gasteiger partial charge in [0.15, 0.2) is 0 Å². The summed E-state index contributed by atoms with van der Waals surface area (Å²) < 4.78 is 0. The molecule has 0 atom stereocenters. The van der Waals surface area contributed by atoms with Gasteiger partial charge in [-0.25, -0.2) is 0 Å². The van der Waals surface area contributed by atoms with Gasteiger partial charge in [0.25, 0.3) is 5.69 Å². The molecule has 7 nitrogen and oxygen atoms in total. The third-order valence-corrected chi connectivity index (χ3v) is 2.87. The Morgan fingerprint density at radius 1 is 1.12 bits per heavy atom. The highest BCUT2D eigenvalue weighted by atomic mass is 35.5. The van der Waals surface area contributed by atoms with E-state index in [9.17, 15) is 19.7 Å². The molecule has 0 fully saturated rings. The molecule has 0 aliphatic rings. The molecule has 2 N–H and O–H groups in total. The SMILES string of the molecule is O=c1[nH]c2c([N+](=O)[O-])cc(Cl)c(Cl)c2[nH]c1=O. The van der Waals surface area contributed by atoms with Crippen LogP contribution in [0.2, 0.25) is 10.0 Å². The number of nitro groups is 1. The highest BCUT2D eigenvalue weighted by Crippen LogP contribution is 2.33. The van der Waals surface area contributed by atoms with Gasteiger partial charge in [-0.1, -0.05) is 23.2 Å². The summed E-state index contributed by atoms with van der Waals surface area (Å²) in [7, 11) is 0. The molecular weight excluding hydrogens is 273 g/mol. The Morgan fingerprint density at radius 3 is 2.18 bits per heavy atom. The van der Waals surface area contributed by atoms with Crippen molar-refractivity contribution in [3.05, 3.63) is 46.9 Å². The molecule has 0 aliphatic heterocycles. The Kier molecular flexibility index (Phi) is 2.64. The number of hydrogen-bond acceptors (Lipinski definition) is 4. The van der Waals surface area contributed by atoms with E-state index in [0.717, 1.165) is 6.07 Å². The van der Waals surface area contributed by atoms with Crippen LogP contribution in [0.25, 0.3) is 11.0 Å². The maximum Gasteiger partial charge on any atom is 0.314 e. The third kappa shape index (κ3) is 1.79. The van der Waals surface area contributed by atoms with E-state index in [1.807, 2.05) is 0 Å². The molecule has 0 unspecified atom stereocenters. The van der Waals surface area contributed by atoms with Gasteiger partial charge in [-0.3, -0.25) is 19.7 Å². The number of halogens is 2.